The molecule has 0 nitrogen and oxygen atoms in total. The molecule has 9 heavy (non-hydrogen) atoms. The van der Waals surface area contributed by atoms with Crippen molar-refractivity contribution in [3.8, 4) is 0 Å². The minimum atomic E-state index is -1.37. The van der Waals surface area contributed by atoms with Gasteiger partial charge in [0.25, 0.3) is 0 Å². The third-order valence-corrected chi connectivity index (χ3v) is 8.05. The molecule has 0 aromatic heterocycles. The molecule has 3 heteroatoms. The second-order valence-electron chi connectivity index (χ2n) is 2.65. The van der Waals surface area contributed by atoms with E-state index >= 15 is 0 Å². The number of hydrogen-bond donors (Lipinski definition) is 0. The van der Waals surface area contributed by atoms with Crippen LogP contribution in [-0.2, 0) is 0 Å². The van der Waals surface area contributed by atoms with E-state index in [0.717, 1.165) is 0 Å². The van der Waals surface area contributed by atoms with Gasteiger partial charge in [0.05, 0.1) is 0 Å². The lowest BCUT2D eigenvalue weighted by Crippen LogP contribution is -2.09. The largest absolute Gasteiger partial charge is 0.0796 e. The number of rotatable bonds is 2. The zero-order valence-electron chi connectivity index (χ0n) is 6.32. The van der Waals surface area contributed by atoms with Gasteiger partial charge in [-0.05, 0) is 0 Å². The van der Waals surface area contributed by atoms with Gasteiger partial charge in [-0.25, -0.2) is 0 Å². The summed E-state index contributed by atoms with van der Waals surface area (Å²) in [7, 11) is 10.7. The zero-order valence-corrected chi connectivity index (χ0v) is 8.65. The predicted octanol–water partition coefficient (Wildman–Crippen LogP) is 3.92. The predicted molar refractivity (Wildman–Crippen MR) is 49.6 cm³/mol. The van der Waals surface area contributed by atoms with E-state index in [-0.39, 0.29) is 0 Å². The summed E-state index contributed by atoms with van der Waals surface area (Å²) >= 11 is 0. The summed E-state index contributed by atoms with van der Waals surface area (Å²) in [6.45, 7) is 8.26. The fraction of sp³-hybridized carbons (Fsp3) is 1.00. The third-order valence-electron chi connectivity index (χ3n) is 1.26. The molecule has 0 aromatic carbocycles. The van der Waals surface area contributed by atoms with Crippen LogP contribution in [-0.4, -0.2) is 10.5 Å². The van der Waals surface area contributed by atoms with Crippen molar-refractivity contribution in [1.82, 2.24) is 0 Å². The van der Waals surface area contributed by atoms with Crippen LogP contribution in [0.15, 0.2) is 0 Å². The van der Waals surface area contributed by atoms with Gasteiger partial charge in [0.2, 0.25) is 0 Å². The smallest absolute Gasteiger partial charge is 0.00900 e. The fourth-order valence-electron chi connectivity index (χ4n) is 0.544. The van der Waals surface area contributed by atoms with E-state index in [1.165, 1.54) is 0 Å². The fourth-order valence-corrected chi connectivity index (χ4v) is 1.63. The van der Waals surface area contributed by atoms with Gasteiger partial charge >= 0.3 is 0 Å². The molecule has 0 aliphatic heterocycles. The molecule has 0 N–H and O–H groups in total. The normalized spacial score (nSPS) is 15.1. The highest BCUT2D eigenvalue weighted by atomic mass is 36.0. The van der Waals surface area contributed by atoms with Gasteiger partial charge < -0.3 is 0 Å². The van der Waals surface area contributed by atoms with Gasteiger partial charge in [-0.15, -0.1) is 0 Å². The summed E-state index contributed by atoms with van der Waals surface area (Å²) in [4.78, 5) is 0. The van der Waals surface area contributed by atoms with Gasteiger partial charge in [-0.2, -0.15) is 0 Å². The van der Waals surface area contributed by atoms with Gasteiger partial charge in [-0.3, -0.25) is 0 Å². The summed E-state index contributed by atoms with van der Waals surface area (Å²) < 4.78 is 0. The van der Waals surface area contributed by atoms with Gasteiger partial charge in [0.15, 0.2) is 0 Å². The maximum Gasteiger partial charge on any atom is 0.00900 e. The lowest BCUT2D eigenvalue weighted by Gasteiger charge is -2.33. The Kier molecular flexibility index (Phi) is 3.71. The van der Waals surface area contributed by atoms with Crippen LogP contribution in [0, 0.1) is 0 Å². The van der Waals surface area contributed by atoms with E-state index in [9.17, 15) is 0 Å². The van der Waals surface area contributed by atoms with Crippen molar-refractivity contribution in [1.29, 1.82) is 0 Å². The van der Waals surface area contributed by atoms with Crippen LogP contribution in [0.25, 0.3) is 0 Å². The first-order valence-corrected chi connectivity index (χ1v) is 6.50. The molecule has 0 aliphatic rings. The highest BCUT2D eigenvalue weighted by Gasteiger charge is 2.25. The maximum absolute atomic E-state index is 6.05. The lowest BCUT2D eigenvalue weighted by molar-refractivity contribution is 1.04. The monoisotopic (exact) mass is 188 g/mol. The van der Waals surface area contributed by atoms with E-state index in [0.29, 0.717) is 10.5 Å². The molecule has 0 rings (SSSR count). The molecule has 0 heterocycles. The molecule has 0 aliphatic carbocycles. The molecule has 0 unspecified atom stereocenters. The Labute approximate surface area is 68.2 Å². The second-order valence-corrected chi connectivity index (χ2v) is 9.17. The Morgan fingerprint density at radius 3 is 1.11 bits per heavy atom. The molecule has 0 bridgehead atoms. The van der Waals surface area contributed by atoms with Crippen molar-refractivity contribution in [2.24, 2.45) is 0 Å². The van der Waals surface area contributed by atoms with Gasteiger partial charge in [0, 0.05) is 10.5 Å². The Morgan fingerprint density at radius 1 is 0.889 bits per heavy atom. The zero-order chi connectivity index (χ0) is 7.65. The molecule has 0 atom stereocenters. The number of hydrogen-bond acceptors (Lipinski definition) is 0. The van der Waals surface area contributed by atoms with Crippen molar-refractivity contribution in [2.75, 3.05) is 0 Å². The molecular formula is C6H14Cl2S. The van der Waals surface area contributed by atoms with Crippen LogP contribution in [0.1, 0.15) is 27.7 Å². The average molecular weight is 189 g/mol. The molecule has 0 saturated carbocycles. The van der Waals surface area contributed by atoms with Crippen molar-refractivity contribution in [2.45, 2.75) is 38.2 Å². The molecule has 0 fully saturated rings. The van der Waals surface area contributed by atoms with E-state index in [2.05, 4.69) is 27.7 Å². The Balaban J connectivity index is 4.01. The van der Waals surface area contributed by atoms with Crippen LogP contribution >= 0.6 is 29.8 Å². The van der Waals surface area contributed by atoms with Gasteiger partial charge in [-0.1, -0.05) is 57.5 Å². The minimum absolute atomic E-state index is 0.404. The highest BCUT2D eigenvalue weighted by Crippen LogP contribution is 2.65. The second kappa shape index (κ2) is 3.36. The summed E-state index contributed by atoms with van der Waals surface area (Å²) in [6, 6.07) is 0. The first-order valence-electron chi connectivity index (χ1n) is 3.09. The van der Waals surface area contributed by atoms with Crippen LogP contribution in [0.2, 0.25) is 0 Å². The van der Waals surface area contributed by atoms with Crippen LogP contribution in [0.4, 0.5) is 0 Å². The molecule has 0 spiro atoms. The Hall–Kier alpha value is 0.930. The maximum atomic E-state index is 6.05. The number of halogens is 2. The van der Waals surface area contributed by atoms with E-state index in [4.69, 9.17) is 21.4 Å². The van der Waals surface area contributed by atoms with Crippen LogP contribution < -0.4 is 0 Å². The molecular weight excluding hydrogens is 175 g/mol. The first kappa shape index (κ1) is 9.93. The quantitative estimate of drug-likeness (QED) is 0.617. The minimum Gasteiger partial charge on any atom is -0.0796 e. The summed E-state index contributed by atoms with van der Waals surface area (Å²) in [5.41, 5.74) is 0. The summed E-state index contributed by atoms with van der Waals surface area (Å²) in [5, 5.41) is 0.807. The molecule has 0 saturated heterocycles. The SMILES string of the molecule is CC(C)S(Cl)(Cl)C(C)C. The highest BCUT2D eigenvalue weighted by molar-refractivity contribution is 8.66. The molecule has 0 aromatic rings. The van der Waals surface area contributed by atoms with Gasteiger partial charge in [0.1, 0.15) is 0 Å². The molecule has 58 valence electrons. The molecule has 0 amide bonds. The lowest BCUT2D eigenvalue weighted by atomic mass is 10.6. The Bertz CT molecular complexity index is 79.1. The van der Waals surface area contributed by atoms with Crippen molar-refractivity contribution >= 4 is 29.8 Å². The third kappa shape index (κ3) is 2.57. The molecule has 0 radical (unpaired) electrons. The van der Waals surface area contributed by atoms with Crippen LogP contribution in [0.3, 0.4) is 0 Å². The average Bonchev–Trinajstić information content (AvgIpc) is 1.65. The standard InChI is InChI=1S/C6H14Cl2S/c1-5(2)9(7,8)6(3)4/h5-6H,1-4H3. The van der Waals surface area contributed by atoms with Crippen LogP contribution in [0.5, 0.6) is 0 Å². The summed E-state index contributed by atoms with van der Waals surface area (Å²) in [5.74, 6) is 0. The Morgan fingerprint density at radius 2 is 1.11 bits per heavy atom. The summed E-state index contributed by atoms with van der Waals surface area (Å²) in [6.07, 6.45) is 0. The first-order chi connectivity index (χ1) is 3.89. The topological polar surface area (TPSA) is 0 Å². The van der Waals surface area contributed by atoms with Crippen molar-refractivity contribution in [3.63, 3.8) is 0 Å². The van der Waals surface area contributed by atoms with E-state index in [1.807, 2.05) is 0 Å². The van der Waals surface area contributed by atoms with Crippen molar-refractivity contribution in [3.05, 3.63) is 0 Å². The van der Waals surface area contributed by atoms with E-state index < -0.39 is 8.46 Å². The van der Waals surface area contributed by atoms with Crippen molar-refractivity contribution < 1.29 is 0 Å². The van der Waals surface area contributed by atoms with E-state index in [1.54, 1.807) is 0 Å².